The van der Waals surface area contributed by atoms with Crippen LogP contribution in [0.15, 0.2) is 12.2 Å². The minimum atomic E-state index is -0.944. The summed E-state index contributed by atoms with van der Waals surface area (Å²) in [5.74, 6) is -1.59. The van der Waals surface area contributed by atoms with Crippen LogP contribution in [0.1, 0.15) is 6.42 Å². The quantitative estimate of drug-likeness (QED) is 0.441. The number of rotatable bonds is 1. The van der Waals surface area contributed by atoms with Gasteiger partial charge in [-0.3, -0.25) is 4.79 Å². The Morgan fingerprint density at radius 3 is 2.73 bits per heavy atom. The zero-order chi connectivity index (χ0) is 8.43. The van der Waals surface area contributed by atoms with Gasteiger partial charge in [0.1, 0.15) is 0 Å². The molecule has 4 nitrogen and oxygen atoms in total. The zero-order valence-electron chi connectivity index (χ0n) is 5.97. The van der Waals surface area contributed by atoms with Crippen LogP contribution in [0.4, 0.5) is 0 Å². The first-order valence-electron chi connectivity index (χ1n) is 3.46. The first-order chi connectivity index (χ1) is 5.13. The number of allylic oxidation sites excluding steroid dienone is 1. The molecule has 0 saturated heterocycles. The molecule has 0 spiro atoms. The SMILES string of the molecule is NC1C(O)C=CCC1C(=O)O. The van der Waals surface area contributed by atoms with Gasteiger partial charge in [0.2, 0.25) is 0 Å². The molecule has 0 aromatic heterocycles. The number of hydrogen-bond donors (Lipinski definition) is 3. The Morgan fingerprint density at radius 1 is 1.64 bits per heavy atom. The number of aliphatic hydroxyl groups excluding tert-OH is 1. The molecule has 62 valence electrons. The van der Waals surface area contributed by atoms with Gasteiger partial charge in [0, 0.05) is 6.04 Å². The van der Waals surface area contributed by atoms with Crippen molar-refractivity contribution in [2.45, 2.75) is 18.6 Å². The molecule has 0 heterocycles. The van der Waals surface area contributed by atoms with Gasteiger partial charge in [-0.15, -0.1) is 0 Å². The van der Waals surface area contributed by atoms with Crippen molar-refractivity contribution >= 4 is 5.97 Å². The normalized spacial score (nSPS) is 37.1. The van der Waals surface area contributed by atoms with Crippen LogP contribution in [0, 0.1) is 5.92 Å². The minimum Gasteiger partial charge on any atom is -0.481 e. The van der Waals surface area contributed by atoms with Gasteiger partial charge in [-0.05, 0) is 6.42 Å². The molecule has 4 N–H and O–H groups in total. The minimum absolute atomic E-state index is 0.410. The number of carbonyl (C=O) groups is 1. The third kappa shape index (κ3) is 1.58. The van der Waals surface area contributed by atoms with E-state index in [4.69, 9.17) is 15.9 Å². The van der Waals surface area contributed by atoms with Crippen molar-refractivity contribution in [3.8, 4) is 0 Å². The molecule has 11 heavy (non-hydrogen) atoms. The zero-order valence-corrected chi connectivity index (χ0v) is 5.97. The molecule has 0 bridgehead atoms. The summed E-state index contributed by atoms with van der Waals surface area (Å²) in [6.07, 6.45) is 2.77. The van der Waals surface area contributed by atoms with Crippen molar-refractivity contribution in [1.82, 2.24) is 0 Å². The molecular formula is C7H11NO3. The molecule has 0 aliphatic heterocycles. The van der Waals surface area contributed by atoms with Gasteiger partial charge in [-0.25, -0.2) is 0 Å². The van der Waals surface area contributed by atoms with E-state index in [1.165, 1.54) is 6.08 Å². The highest BCUT2D eigenvalue weighted by molar-refractivity contribution is 5.71. The van der Waals surface area contributed by atoms with E-state index >= 15 is 0 Å². The van der Waals surface area contributed by atoms with E-state index in [0.717, 1.165) is 0 Å². The number of carboxylic acids is 1. The van der Waals surface area contributed by atoms with Crippen LogP contribution in [-0.4, -0.2) is 28.3 Å². The predicted molar refractivity (Wildman–Crippen MR) is 38.9 cm³/mol. The second-order valence-corrected chi connectivity index (χ2v) is 2.68. The molecule has 0 aromatic carbocycles. The van der Waals surface area contributed by atoms with Crippen LogP contribution in [-0.2, 0) is 4.79 Å². The summed E-state index contributed by atoms with van der Waals surface area (Å²) in [6.45, 7) is 0. The van der Waals surface area contributed by atoms with Crippen molar-refractivity contribution in [3.05, 3.63) is 12.2 Å². The lowest BCUT2D eigenvalue weighted by molar-refractivity contribution is -0.143. The topological polar surface area (TPSA) is 83.5 Å². The van der Waals surface area contributed by atoms with Gasteiger partial charge in [-0.1, -0.05) is 12.2 Å². The van der Waals surface area contributed by atoms with Crippen molar-refractivity contribution in [2.24, 2.45) is 11.7 Å². The maximum absolute atomic E-state index is 10.5. The smallest absolute Gasteiger partial charge is 0.308 e. The van der Waals surface area contributed by atoms with Gasteiger partial charge in [0.05, 0.1) is 12.0 Å². The fourth-order valence-electron chi connectivity index (χ4n) is 1.15. The highest BCUT2D eigenvalue weighted by atomic mass is 16.4. The summed E-state index contributed by atoms with van der Waals surface area (Å²) in [4.78, 5) is 10.5. The lowest BCUT2D eigenvalue weighted by Crippen LogP contribution is -2.45. The summed E-state index contributed by atoms with van der Waals surface area (Å²) < 4.78 is 0. The average molecular weight is 157 g/mol. The Labute approximate surface area is 64.3 Å². The maximum Gasteiger partial charge on any atom is 0.308 e. The highest BCUT2D eigenvalue weighted by Gasteiger charge is 2.30. The number of aliphatic hydroxyl groups is 1. The van der Waals surface area contributed by atoms with E-state index in [2.05, 4.69) is 0 Å². The predicted octanol–water partition coefficient (Wildman–Crippen LogP) is -0.665. The Balaban J connectivity index is 2.70. The van der Waals surface area contributed by atoms with E-state index in [1.54, 1.807) is 6.08 Å². The van der Waals surface area contributed by atoms with E-state index in [9.17, 15) is 4.79 Å². The third-order valence-corrected chi connectivity index (χ3v) is 1.90. The van der Waals surface area contributed by atoms with E-state index < -0.39 is 24.0 Å². The second kappa shape index (κ2) is 3.02. The fraction of sp³-hybridized carbons (Fsp3) is 0.571. The molecule has 0 radical (unpaired) electrons. The summed E-state index contributed by atoms with van der Waals surface area (Å²) in [5.41, 5.74) is 5.44. The van der Waals surface area contributed by atoms with Gasteiger partial charge >= 0.3 is 5.97 Å². The Hall–Kier alpha value is -0.870. The molecular weight excluding hydrogens is 146 g/mol. The molecule has 0 amide bonds. The maximum atomic E-state index is 10.5. The van der Waals surface area contributed by atoms with Crippen LogP contribution in [0.5, 0.6) is 0 Å². The molecule has 0 fully saturated rings. The van der Waals surface area contributed by atoms with E-state index in [1.807, 2.05) is 0 Å². The molecule has 1 rings (SSSR count). The lowest BCUT2D eigenvalue weighted by Gasteiger charge is -2.25. The monoisotopic (exact) mass is 157 g/mol. The van der Waals surface area contributed by atoms with Crippen molar-refractivity contribution in [3.63, 3.8) is 0 Å². The van der Waals surface area contributed by atoms with Crippen LogP contribution in [0.3, 0.4) is 0 Å². The number of nitrogens with two attached hydrogens (primary N) is 1. The highest BCUT2D eigenvalue weighted by Crippen LogP contribution is 2.17. The second-order valence-electron chi connectivity index (χ2n) is 2.68. The molecule has 0 saturated carbocycles. The van der Waals surface area contributed by atoms with Crippen LogP contribution in [0.2, 0.25) is 0 Å². The Bertz CT molecular complexity index is 190. The first-order valence-corrected chi connectivity index (χ1v) is 3.46. The molecule has 3 unspecified atom stereocenters. The van der Waals surface area contributed by atoms with E-state index in [0.29, 0.717) is 6.42 Å². The van der Waals surface area contributed by atoms with Gasteiger partial charge in [0.15, 0.2) is 0 Å². The number of carboxylic acid groups (broad SMARTS) is 1. The van der Waals surface area contributed by atoms with Crippen LogP contribution < -0.4 is 5.73 Å². The van der Waals surface area contributed by atoms with Crippen LogP contribution in [0.25, 0.3) is 0 Å². The van der Waals surface area contributed by atoms with Gasteiger partial charge < -0.3 is 15.9 Å². The number of hydrogen-bond acceptors (Lipinski definition) is 3. The van der Waals surface area contributed by atoms with Crippen molar-refractivity contribution < 1.29 is 15.0 Å². The largest absolute Gasteiger partial charge is 0.481 e. The Kier molecular flexibility index (Phi) is 2.26. The van der Waals surface area contributed by atoms with Gasteiger partial charge in [0.25, 0.3) is 0 Å². The third-order valence-electron chi connectivity index (χ3n) is 1.90. The van der Waals surface area contributed by atoms with Crippen LogP contribution >= 0.6 is 0 Å². The van der Waals surface area contributed by atoms with Crippen molar-refractivity contribution in [2.75, 3.05) is 0 Å². The summed E-state index contributed by atoms with van der Waals surface area (Å²) in [7, 11) is 0. The fourth-order valence-corrected chi connectivity index (χ4v) is 1.15. The molecule has 0 aromatic rings. The molecule has 1 aliphatic carbocycles. The summed E-state index contributed by atoms with van der Waals surface area (Å²) in [6, 6.07) is -0.669. The first kappa shape index (κ1) is 8.23. The average Bonchev–Trinajstić information content (AvgIpc) is 1.94. The van der Waals surface area contributed by atoms with Gasteiger partial charge in [-0.2, -0.15) is 0 Å². The summed E-state index contributed by atoms with van der Waals surface area (Å²) in [5, 5.41) is 17.7. The molecule has 3 atom stereocenters. The lowest BCUT2D eigenvalue weighted by atomic mass is 9.88. The Morgan fingerprint density at radius 2 is 2.27 bits per heavy atom. The number of aliphatic carboxylic acids is 1. The molecule has 1 aliphatic rings. The van der Waals surface area contributed by atoms with Crippen molar-refractivity contribution in [1.29, 1.82) is 0 Å². The summed E-state index contributed by atoms with van der Waals surface area (Å²) >= 11 is 0. The molecule has 4 heteroatoms. The standard InChI is InChI=1S/C7H11NO3/c8-6-4(7(10)11)2-1-3-5(6)9/h1,3-6,9H,2,8H2,(H,10,11). The van der Waals surface area contributed by atoms with E-state index in [-0.39, 0.29) is 0 Å².